The number of amides is 3. The lowest BCUT2D eigenvalue weighted by Crippen LogP contribution is -2.58. The van der Waals surface area contributed by atoms with Crippen molar-refractivity contribution in [2.24, 2.45) is 23.7 Å². The van der Waals surface area contributed by atoms with Crippen LogP contribution in [0.15, 0.2) is 0 Å². The Labute approximate surface area is 514 Å². The summed E-state index contributed by atoms with van der Waals surface area (Å²) in [5.74, 6) is -2.46. The third-order valence-corrected chi connectivity index (χ3v) is 16.3. The Kier molecular flexibility index (Phi) is 40.0. The molecule has 3 fully saturated rings. The van der Waals surface area contributed by atoms with E-state index in [4.69, 9.17) is 42.6 Å². The lowest BCUT2D eigenvalue weighted by molar-refractivity contribution is -0.282. The first-order valence-corrected chi connectivity index (χ1v) is 32.0. The number of carbonyl (C=O) groups excluding carboxylic acids is 5. The van der Waals surface area contributed by atoms with Crippen molar-refractivity contribution in [2.75, 3.05) is 92.4 Å². The first-order valence-electron chi connectivity index (χ1n) is 32.0. The van der Waals surface area contributed by atoms with Crippen LogP contribution in [0.2, 0.25) is 0 Å². The Bertz CT molecular complexity index is 1710. The SMILES string of the molecule is CC(C)C(=O)CCCC(=O)NC(COCCC(=O)CCCCCCCO[C@@H]1OC(CO)[C@H](O)[C@H](O)C1C)(COCCC(=O)NCCCCCCO[C@@H]1OC(CO)[C@H](O)[C@H](O)C1C)COCCC(=O)NCCCCCCO[C@@H]1OC(CO)[C@H](O)[C@H](O)C1C. The molecule has 15 atom stereocenters. The van der Waals surface area contributed by atoms with Crippen LogP contribution in [0, 0.1) is 23.7 Å². The van der Waals surface area contributed by atoms with Gasteiger partial charge in [-0.05, 0) is 44.9 Å². The third-order valence-electron chi connectivity index (χ3n) is 16.3. The first-order chi connectivity index (χ1) is 41.7. The zero-order valence-electron chi connectivity index (χ0n) is 52.5. The zero-order chi connectivity index (χ0) is 64.2. The average molecular weight is 1250 g/mol. The summed E-state index contributed by atoms with van der Waals surface area (Å²) in [6, 6.07) is 0. The zero-order valence-corrected chi connectivity index (χ0v) is 52.5. The van der Waals surface area contributed by atoms with E-state index in [2.05, 4.69) is 16.0 Å². The lowest BCUT2D eigenvalue weighted by Gasteiger charge is -2.40. The second-order valence-electron chi connectivity index (χ2n) is 24.1. The second kappa shape index (κ2) is 44.5. The highest BCUT2D eigenvalue weighted by Gasteiger charge is 2.45. The van der Waals surface area contributed by atoms with Gasteiger partial charge >= 0.3 is 0 Å². The molecule has 0 bridgehead atoms. The van der Waals surface area contributed by atoms with Gasteiger partial charge in [0.15, 0.2) is 18.9 Å². The smallest absolute Gasteiger partial charge is 0.222 e. The lowest BCUT2D eigenvalue weighted by atomic mass is 9.92. The fourth-order valence-electron chi connectivity index (χ4n) is 10.3. The van der Waals surface area contributed by atoms with Crippen LogP contribution in [0.4, 0.5) is 0 Å². The number of nitrogens with one attached hydrogen (secondary N) is 3. The maximum Gasteiger partial charge on any atom is 0.222 e. The van der Waals surface area contributed by atoms with Crippen LogP contribution >= 0.6 is 0 Å². The van der Waals surface area contributed by atoms with Gasteiger partial charge in [0.2, 0.25) is 17.7 Å². The van der Waals surface area contributed by atoms with E-state index in [0.717, 1.165) is 51.4 Å². The number of hydrogen-bond donors (Lipinski definition) is 12. The highest BCUT2D eigenvalue weighted by molar-refractivity contribution is 5.82. The average Bonchev–Trinajstić information content (AvgIpc) is 2.87. The van der Waals surface area contributed by atoms with E-state index in [1.807, 2.05) is 0 Å². The van der Waals surface area contributed by atoms with Gasteiger partial charge in [-0.15, -0.1) is 0 Å². The van der Waals surface area contributed by atoms with Gasteiger partial charge < -0.3 is 105 Å². The fourth-order valence-corrected chi connectivity index (χ4v) is 10.3. The Morgan fingerprint density at radius 1 is 0.414 bits per heavy atom. The number of carbonyl (C=O) groups is 5. The van der Waals surface area contributed by atoms with Gasteiger partial charge in [-0.1, -0.05) is 79.6 Å². The van der Waals surface area contributed by atoms with E-state index in [9.17, 15) is 69.9 Å². The van der Waals surface area contributed by atoms with Gasteiger partial charge in [0.05, 0.1) is 77.8 Å². The summed E-state index contributed by atoms with van der Waals surface area (Å²) in [7, 11) is 0. The number of unbranched alkanes of at least 4 members (excludes halogenated alkanes) is 10. The molecule has 3 rings (SSSR count). The molecule has 0 aliphatic carbocycles. The van der Waals surface area contributed by atoms with E-state index in [-0.39, 0.29) is 107 Å². The third kappa shape index (κ3) is 29.9. The van der Waals surface area contributed by atoms with Crippen LogP contribution < -0.4 is 16.0 Å². The monoisotopic (exact) mass is 1250 g/mol. The van der Waals surface area contributed by atoms with Crippen molar-refractivity contribution < 1.29 is 113 Å². The normalized spacial score (nSPS) is 28.3. The van der Waals surface area contributed by atoms with Gasteiger partial charge in [0.25, 0.3) is 0 Å². The molecule has 0 aromatic heterocycles. The summed E-state index contributed by atoms with van der Waals surface area (Å²) in [4.78, 5) is 64.9. The molecule has 0 aromatic rings. The number of hydrogen-bond acceptors (Lipinski definition) is 23. The van der Waals surface area contributed by atoms with Crippen LogP contribution in [-0.4, -0.2) is 247 Å². The number of rotatable bonds is 49. The van der Waals surface area contributed by atoms with Crippen LogP contribution in [-0.2, 0) is 66.6 Å². The molecule has 3 aliphatic heterocycles. The fraction of sp³-hybridized carbons (Fsp3) is 0.918. The van der Waals surface area contributed by atoms with E-state index in [0.29, 0.717) is 77.9 Å². The molecule has 0 aromatic carbocycles. The highest BCUT2D eigenvalue weighted by Crippen LogP contribution is 2.30. The number of ether oxygens (including phenoxy) is 9. The number of ketones is 2. The van der Waals surface area contributed by atoms with Crippen molar-refractivity contribution >= 4 is 29.3 Å². The molecule has 12 N–H and O–H groups in total. The van der Waals surface area contributed by atoms with Crippen molar-refractivity contribution in [1.82, 2.24) is 16.0 Å². The summed E-state index contributed by atoms with van der Waals surface area (Å²) >= 11 is 0. The van der Waals surface area contributed by atoms with Gasteiger partial charge in [0.1, 0.15) is 53.7 Å². The summed E-state index contributed by atoms with van der Waals surface area (Å²) in [5.41, 5.74) is -1.32. The van der Waals surface area contributed by atoms with E-state index >= 15 is 0 Å². The van der Waals surface area contributed by atoms with E-state index < -0.39 is 117 Å². The molecule has 26 heteroatoms. The minimum Gasteiger partial charge on any atom is -0.394 e. The van der Waals surface area contributed by atoms with Crippen LogP contribution in [0.3, 0.4) is 0 Å². The maximum atomic E-state index is 13.6. The highest BCUT2D eigenvalue weighted by atomic mass is 16.7. The largest absolute Gasteiger partial charge is 0.394 e. The molecule has 3 amide bonds. The molecule has 0 spiro atoms. The van der Waals surface area contributed by atoms with Crippen molar-refractivity contribution in [2.45, 2.75) is 242 Å². The summed E-state index contributed by atoms with van der Waals surface area (Å²) < 4.78 is 52.5. The molecule has 3 aliphatic rings. The molecule has 0 radical (unpaired) electrons. The van der Waals surface area contributed by atoms with Crippen molar-refractivity contribution in [3.05, 3.63) is 0 Å². The molecule has 3 heterocycles. The van der Waals surface area contributed by atoms with Crippen molar-refractivity contribution in [1.29, 1.82) is 0 Å². The predicted octanol–water partition coefficient (Wildman–Crippen LogP) is 0.995. The van der Waals surface area contributed by atoms with Gasteiger partial charge in [-0.2, -0.15) is 0 Å². The Hall–Kier alpha value is -2.97. The minimum atomic E-state index is -1.32. The van der Waals surface area contributed by atoms with E-state index in [1.165, 1.54) is 0 Å². The van der Waals surface area contributed by atoms with Gasteiger partial charge in [-0.25, -0.2) is 0 Å². The predicted molar refractivity (Wildman–Crippen MR) is 315 cm³/mol. The van der Waals surface area contributed by atoms with Crippen LogP contribution in [0.5, 0.6) is 0 Å². The topological polar surface area (TPSA) is 387 Å². The standard InChI is InChI=1S/C61H111N3O23/c1-40(2)45(69)21-19-22-51(72)64-61(37-79-31-23-44(68)20-13-7-6-10-16-28-82-58-41(3)52(73)55(76)46(34-65)85-58,38-80-32-24-49(70)62-26-14-8-11-17-29-83-59-42(4)53(74)56(77)47(35-66)86-59)39-81-33-25-50(71)63-27-15-9-12-18-30-84-60-43(5)54(75)57(78)48(36-67)87-60/h40-43,46-48,52-60,65-67,73-78H,6-39H2,1-5H3,(H,62,70)(H,63,71)(H,64,72)/t41?,42?,43?,46?,47?,48?,52-,53-,54-,55+,56+,57+,58-,59-,60-,61?/m1/s1. The van der Waals surface area contributed by atoms with Gasteiger partial charge in [-0.3, -0.25) is 24.0 Å². The minimum absolute atomic E-state index is 0.000489. The Morgan fingerprint density at radius 2 is 0.770 bits per heavy atom. The Morgan fingerprint density at radius 3 is 1.15 bits per heavy atom. The van der Waals surface area contributed by atoms with Crippen molar-refractivity contribution in [3.8, 4) is 0 Å². The first kappa shape index (κ1) is 78.3. The van der Waals surface area contributed by atoms with Crippen LogP contribution in [0.1, 0.15) is 163 Å². The van der Waals surface area contributed by atoms with Gasteiger partial charge in [0, 0.05) is 95.1 Å². The Balaban J connectivity index is 1.49. The quantitative estimate of drug-likeness (QED) is 0.0378. The number of aliphatic hydroxyl groups excluding tert-OH is 9. The number of Topliss-reactive ketones (excluding diaryl/α,β-unsaturated/α-hetero) is 2. The molecule has 6 unspecified atom stereocenters. The summed E-state index contributed by atoms with van der Waals surface area (Å²) in [6.07, 6.45) is -0.926. The molecular weight excluding hydrogens is 1140 g/mol. The van der Waals surface area contributed by atoms with Crippen molar-refractivity contribution in [3.63, 3.8) is 0 Å². The summed E-state index contributed by atoms with van der Waals surface area (Å²) in [5, 5.41) is 98.4. The molecule has 26 nitrogen and oxygen atoms in total. The molecule has 3 saturated heterocycles. The molecular formula is C61H111N3O23. The van der Waals surface area contributed by atoms with Crippen LogP contribution in [0.25, 0.3) is 0 Å². The maximum absolute atomic E-state index is 13.6. The number of aliphatic hydroxyl groups is 9. The van der Waals surface area contributed by atoms with E-state index in [1.54, 1.807) is 34.6 Å². The molecule has 508 valence electrons. The summed E-state index contributed by atoms with van der Waals surface area (Å²) in [6.45, 7) is 8.90. The second-order valence-corrected chi connectivity index (χ2v) is 24.1. The molecule has 0 saturated carbocycles. The molecule has 87 heavy (non-hydrogen) atoms.